The molecule has 3 nitrogen and oxygen atoms in total. The third-order valence-electron chi connectivity index (χ3n) is 4.85. The minimum absolute atomic E-state index is 0.159. The second-order valence-corrected chi connectivity index (χ2v) is 6.89. The van der Waals surface area contributed by atoms with Gasteiger partial charge in [-0.05, 0) is 48.9 Å². The molecule has 1 saturated carbocycles. The minimum atomic E-state index is -0.236. The number of aryl methyl sites for hydroxylation is 2. The van der Waals surface area contributed by atoms with Gasteiger partial charge in [0.25, 0.3) is 0 Å². The van der Waals surface area contributed by atoms with Gasteiger partial charge in [-0.15, -0.1) is 0 Å². The summed E-state index contributed by atoms with van der Waals surface area (Å²) in [5, 5.41) is 0. The summed E-state index contributed by atoms with van der Waals surface area (Å²) in [6.07, 6.45) is 2.58. The van der Waals surface area contributed by atoms with Crippen LogP contribution in [0.5, 0.6) is 0 Å². The van der Waals surface area contributed by atoms with Crippen molar-refractivity contribution in [1.29, 1.82) is 0 Å². The number of hydrogen-bond donors (Lipinski definition) is 1. The molecule has 0 aliphatic heterocycles. The van der Waals surface area contributed by atoms with Crippen LogP contribution in [0.4, 0.5) is 0 Å². The van der Waals surface area contributed by atoms with Gasteiger partial charge in [0.1, 0.15) is 0 Å². The van der Waals surface area contributed by atoms with Crippen molar-refractivity contribution in [3.63, 3.8) is 0 Å². The molecule has 1 aliphatic carbocycles. The van der Waals surface area contributed by atoms with Gasteiger partial charge >= 0.3 is 0 Å². The highest BCUT2D eigenvalue weighted by molar-refractivity contribution is 5.77. The van der Waals surface area contributed by atoms with Crippen LogP contribution in [0.15, 0.2) is 48.5 Å². The molecule has 2 aromatic rings. The Labute approximate surface area is 144 Å². The Morgan fingerprint density at radius 3 is 2.46 bits per heavy atom. The second kappa shape index (κ2) is 7.18. The van der Waals surface area contributed by atoms with Crippen LogP contribution in [-0.2, 0) is 11.3 Å². The van der Waals surface area contributed by atoms with Crippen molar-refractivity contribution in [3.8, 4) is 0 Å². The summed E-state index contributed by atoms with van der Waals surface area (Å²) in [6.45, 7) is 4.92. The van der Waals surface area contributed by atoms with Crippen molar-refractivity contribution in [2.45, 2.75) is 51.7 Å². The Morgan fingerprint density at radius 1 is 1.12 bits per heavy atom. The van der Waals surface area contributed by atoms with E-state index in [-0.39, 0.29) is 11.9 Å². The average Bonchev–Trinajstić information content (AvgIpc) is 3.41. The Hall–Kier alpha value is -2.13. The highest BCUT2D eigenvalue weighted by atomic mass is 16.2. The maximum atomic E-state index is 12.8. The maximum Gasteiger partial charge on any atom is 0.225 e. The maximum absolute atomic E-state index is 12.8. The van der Waals surface area contributed by atoms with Crippen molar-refractivity contribution in [2.24, 2.45) is 5.73 Å². The van der Waals surface area contributed by atoms with Gasteiger partial charge in [0.2, 0.25) is 5.91 Å². The summed E-state index contributed by atoms with van der Waals surface area (Å²) < 4.78 is 0. The van der Waals surface area contributed by atoms with Crippen LogP contribution in [-0.4, -0.2) is 16.8 Å². The molecule has 3 rings (SSSR count). The molecule has 0 spiro atoms. The number of carbonyl (C=O) groups excluding carboxylic acids is 1. The summed E-state index contributed by atoms with van der Waals surface area (Å²) in [6, 6.07) is 16.5. The fourth-order valence-corrected chi connectivity index (χ4v) is 3.03. The van der Waals surface area contributed by atoms with Gasteiger partial charge in [0.15, 0.2) is 0 Å². The lowest BCUT2D eigenvalue weighted by atomic mass is 10.0. The standard InChI is InChI=1S/C21H26N2O/c1-15-8-9-17(12-16(15)2)14-23(19-10-11-19)21(24)13-20(22)18-6-4-3-5-7-18/h3-9,12,19-20H,10-11,13-14,22H2,1-2H3. The van der Waals surface area contributed by atoms with E-state index in [1.807, 2.05) is 35.2 Å². The summed E-state index contributed by atoms with van der Waals surface area (Å²) in [5.74, 6) is 0.159. The molecule has 0 bridgehead atoms. The SMILES string of the molecule is Cc1ccc(CN(C(=O)CC(N)c2ccccc2)C2CC2)cc1C. The Bertz CT molecular complexity index is 707. The van der Waals surface area contributed by atoms with Gasteiger partial charge in [-0.25, -0.2) is 0 Å². The van der Waals surface area contributed by atoms with Gasteiger partial charge in [-0.3, -0.25) is 4.79 Å². The number of benzene rings is 2. The highest BCUT2D eigenvalue weighted by Crippen LogP contribution is 2.30. The van der Waals surface area contributed by atoms with E-state index in [9.17, 15) is 4.79 Å². The van der Waals surface area contributed by atoms with E-state index in [1.165, 1.54) is 16.7 Å². The Kier molecular flexibility index (Phi) is 5.00. The molecule has 3 heteroatoms. The molecule has 0 aromatic heterocycles. The number of amides is 1. The molecule has 24 heavy (non-hydrogen) atoms. The third-order valence-corrected chi connectivity index (χ3v) is 4.85. The molecular formula is C21H26N2O. The van der Waals surface area contributed by atoms with Gasteiger partial charge in [0, 0.05) is 25.0 Å². The van der Waals surface area contributed by atoms with Crippen LogP contribution >= 0.6 is 0 Å². The van der Waals surface area contributed by atoms with Gasteiger partial charge in [-0.2, -0.15) is 0 Å². The van der Waals surface area contributed by atoms with Crippen molar-refractivity contribution in [3.05, 3.63) is 70.8 Å². The lowest BCUT2D eigenvalue weighted by molar-refractivity contribution is -0.132. The molecule has 126 valence electrons. The van der Waals surface area contributed by atoms with E-state index in [4.69, 9.17) is 5.73 Å². The highest BCUT2D eigenvalue weighted by Gasteiger charge is 2.33. The van der Waals surface area contributed by atoms with Crippen LogP contribution in [0, 0.1) is 13.8 Å². The molecule has 1 fully saturated rings. The second-order valence-electron chi connectivity index (χ2n) is 6.89. The van der Waals surface area contributed by atoms with Crippen molar-refractivity contribution in [1.82, 2.24) is 4.90 Å². The van der Waals surface area contributed by atoms with Crippen molar-refractivity contribution >= 4 is 5.91 Å². The van der Waals surface area contributed by atoms with E-state index in [2.05, 4.69) is 32.0 Å². The topological polar surface area (TPSA) is 46.3 Å². The lowest BCUT2D eigenvalue weighted by Gasteiger charge is -2.25. The predicted octanol–water partition coefficient (Wildman–Crippen LogP) is 3.88. The first-order valence-corrected chi connectivity index (χ1v) is 8.70. The van der Waals surface area contributed by atoms with E-state index >= 15 is 0 Å². The molecule has 1 amide bonds. The summed E-state index contributed by atoms with van der Waals surface area (Å²) in [5.41, 5.74) is 11.0. The van der Waals surface area contributed by atoms with E-state index in [0.717, 1.165) is 18.4 Å². The minimum Gasteiger partial charge on any atom is -0.335 e. The zero-order valence-electron chi connectivity index (χ0n) is 14.5. The molecule has 1 unspecified atom stereocenters. The summed E-state index contributed by atoms with van der Waals surface area (Å²) in [7, 11) is 0. The van der Waals surface area contributed by atoms with Gasteiger partial charge in [-0.1, -0.05) is 48.5 Å². The molecular weight excluding hydrogens is 296 g/mol. The summed E-state index contributed by atoms with van der Waals surface area (Å²) in [4.78, 5) is 14.8. The van der Waals surface area contributed by atoms with Crippen LogP contribution in [0.3, 0.4) is 0 Å². The van der Waals surface area contributed by atoms with Gasteiger partial charge < -0.3 is 10.6 Å². The van der Waals surface area contributed by atoms with Crippen LogP contribution < -0.4 is 5.73 Å². The van der Waals surface area contributed by atoms with Gasteiger partial charge in [0.05, 0.1) is 0 Å². The first-order valence-electron chi connectivity index (χ1n) is 8.70. The fourth-order valence-electron chi connectivity index (χ4n) is 3.03. The molecule has 0 radical (unpaired) electrons. The molecule has 0 heterocycles. The smallest absolute Gasteiger partial charge is 0.225 e. The summed E-state index contributed by atoms with van der Waals surface area (Å²) >= 11 is 0. The largest absolute Gasteiger partial charge is 0.335 e. The van der Waals surface area contributed by atoms with E-state index in [0.29, 0.717) is 19.0 Å². The Morgan fingerprint density at radius 2 is 1.83 bits per heavy atom. The Balaban J connectivity index is 1.68. The average molecular weight is 322 g/mol. The number of rotatable bonds is 6. The third kappa shape index (κ3) is 4.04. The number of carbonyl (C=O) groups is 1. The number of nitrogens with two attached hydrogens (primary N) is 1. The number of nitrogens with zero attached hydrogens (tertiary/aromatic N) is 1. The molecule has 1 atom stereocenters. The van der Waals surface area contributed by atoms with E-state index < -0.39 is 0 Å². The molecule has 0 saturated heterocycles. The quantitative estimate of drug-likeness (QED) is 0.877. The van der Waals surface area contributed by atoms with Crippen molar-refractivity contribution < 1.29 is 4.79 Å². The number of hydrogen-bond acceptors (Lipinski definition) is 2. The van der Waals surface area contributed by atoms with Crippen molar-refractivity contribution in [2.75, 3.05) is 0 Å². The zero-order chi connectivity index (χ0) is 17.1. The van der Waals surface area contributed by atoms with Crippen LogP contribution in [0.1, 0.15) is 47.6 Å². The van der Waals surface area contributed by atoms with Crippen LogP contribution in [0.2, 0.25) is 0 Å². The fraction of sp³-hybridized carbons (Fsp3) is 0.381. The normalized spacial score (nSPS) is 15.1. The first-order chi connectivity index (χ1) is 11.5. The molecule has 2 N–H and O–H groups in total. The van der Waals surface area contributed by atoms with E-state index in [1.54, 1.807) is 0 Å². The first kappa shape index (κ1) is 16.7. The zero-order valence-corrected chi connectivity index (χ0v) is 14.5. The van der Waals surface area contributed by atoms with Crippen LogP contribution in [0.25, 0.3) is 0 Å². The lowest BCUT2D eigenvalue weighted by Crippen LogP contribution is -2.34. The molecule has 1 aliphatic rings. The monoisotopic (exact) mass is 322 g/mol. The predicted molar refractivity (Wildman–Crippen MR) is 97.5 cm³/mol. The molecule has 2 aromatic carbocycles.